The predicted molar refractivity (Wildman–Crippen MR) is 121 cm³/mol. The SMILES string of the molecule is C(=N\Nc1nc2ccccc2[nH]1)/c1cccc(/C=N/Nc2nc3ccccc3[nH]2)c1. The first-order valence-corrected chi connectivity index (χ1v) is 9.41. The van der Waals surface area contributed by atoms with E-state index in [-0.39, 0.29) is 0 Å². The predicted octanol–water partition coefficient (Wildman–Crippen LogP) is 4.33. The number of nitrogens with one attached hydrogen (secondary N) is 4. The summed E-state index contributed by atoms with van der Waals surface area (Å²) in [6, 6.07) is 23.5. The van der Waals surface area contributed by atoms with Crippen LogP contribution >= 0.6 is 0 Å². The van der Waals surface area contributed by atoms with Crippen LogP contribution in [0.5, 0.6) is 0 Å². The molecule has 5 aromatic rings. The van der Waals surface area contributed by atoms with Crippen molar-refractivity contribution in [2.45, 2.75) is 0 Å². The van der Waals surface area contributed by atoms with Gasteiger partial charge in [0.1, 0.15) is 0 Å². The molecule has 0 fully saturated rings. The lowest BCUT2D eigenvalue weighted by atomic mass is 10.1. The molecule has 3 aromatic carbocycles. The molecule has 0 aliphatic heterocycles. The molecule has 0 aliphatic rings. The second kappa shape index (κ2) is 7.88. The molecule has 30 heavy (non-hydrogen) atoms. The Bertz CT molecular complexity index is 1190. The van der Waals surface area contributed by atoms with E-state index in [1.165, 1.54) is 0 Å². The van der Waals surface area contributed by atoms with Crippen LogP contribution in [0.15, 0.2) is 83.0 Å². The van der Waals surface area contributed by atoms with Gasteiger partial charge in [-0.05, 0) is 41.5 Å². The number of rotatable bonds is 6. The summed E-state index contributed by atoms with van der Waals surface area (Å²) in [5, 5.41) is 8.51. The number of imidazole rings is 2. The second-order valence-corrected chi connectivity index (χ2v) is 6.62. The molecular weight excluding hydrogens is 376 g/mol. The number of anilines is 2. The highest BCUT2D eigenvalue weighted by atomic mass is 15.4. The number of fused-ring (bicyclic) bond motifs is 2. The van der Waals surface area contributed by atoms with Crippen molar-refractivity contribution in [2.75, 3.05) is 10.9 Å². The quantitative estimate of drug-likeness (QED) is 0.254. The standard InChI is InChI=1S/C22H18N8/c1-2-9-18-17(8-1)25-21(26-18)29-23-13-15-6-5-7-16(12-15)14-24-30-22-27-19-10-3-4-11-20(19)28-22/h1-14H,(H2,25,26,29)(H2,27,28,30)/b23-13+,24-14+. The summed E-state index contributed by atoms with van der Waals surface area (Å²) in [6.07, 6.45) is 3.47. The largest absolute Gasteiger partial charge is 0.323 e. The first kappa shape index (κ1) is 17.6. The first-order chi connectivity index (χ1) is 14.8. The Morgan fingerprint density at radius 2 is 1.13 bits per heavy atom. The third-order valence-electron chi connectivity index (χ3n) is 4.46. The fraction of sp³-hybridized carbons (Fsp3) is 0. The molecule has 5 rings (SSSR count). The molecule has 8 heteroatoms. The van der Waals surface area contributed by atoms with Gasteiger partial charge in [0, 0.05) is 0 Å². The number of aromatic nitrogens is 4. The zero-order valence-corrected chi connectivity index (χ0v) is 15.9. The Morgan fingerprint density at radius 3 is 1.63 bits per heavy atom. The van der Waals surface area contributed by atoms with Gasteiger partial charge in [-0.25, -0.2) is 20.8 Å². The van der Waals surface area contributed by atoms with Crippen LogP contribution in [0.4, 0.5) is 11.9 Å². The molecule has 0 atom stereocenters. The number of H-pyrrole nitrogens is 2. The summed E-state index contributed by atoms with van der Waals surface area (Å²) in [5.74, 6) is 1.19. The number of hydrogen-bond acceptors (Lipinski definition) is 6. The van der Waals surface area contributed by atoms with Crippen LogP contribution in [0.1, 0.15) is 11.1 Å². The number of hydrazone groups is 2. The smallest absolute Gasteiger partial charge is 0.222 e. The minimum Gasteiger partial charge on any atom is -0.323 e. The molecule has 2 heterocycles. The van der Waals surface area contributed by atoms with Crippen LogP contribution in [0.3, 0.4) is 0 Å². The maximum atomic E-state index is 4.43. The topological polar surface area (TPSA) is 106 Å². The molecule has 2 aromatic heterocycles. The third-order valence-corrected chi connectivity index (χ3v) is 4.46. The van der Waals surface area contributed by atoms with E-state index in [2.05, 4.69) is 41.0 Å². The molecule has 4 N–H and O–H groups in total. The highest BCUT2D eigenvalue weighted by Crippen LogP contribution is 2.14. The number of hydrogen-bond donors (Lipinski definition) is 4. The summed E-state index contributed by atoms with van der Waals surface area (Å²) < 4.78 is 0. The van der Waals surface area contributed by atoms with Crippen molar-refractivity contribution in [3.05, 3.63) is 83.9 Å². The molecule has 0 bridgehead atoms. The van der Waals surface area contributed by atoms with E-state index in [4.69, 9.17) is 0 Å². The van der Waals surface area contributed by atoms with Crippen molar-refractivity contribution in [1.82, 2.24) is 19.9 Å². The number of aromatic amines is 2. The van der Waals surface area contributed by atoms with Crippen molar-refractivity contribution >= 4 is 46.4 Å². The molecular formula is C22H18N8. The average molecular weight is 394 g/mol. The van der Waals surface area contributed by atoms with E-state index in [0.29, 0.717) is 11.9 Å². The Kier molecular flexibility index (Phi) is 4.63. The van der Waals surface area contributed by atoms with Crippen LogP contribution in [0.2, 0.25) is 0 Å². The van der Waals surface area contributed by atoms with Crippen molar-refractivity contribution in [3.63, 3.8) is 0 Å². The number of nitrogens with zero attached hydrogens (tertiary/aromatic N) is 4. The molecule has 146 valence electrons. The highest BCUT2D eigenvalue weighted by Gasteiger charge is 2.00. The first-order valence-electron chi connectivity index (χ1n) is 9.41. The molecule has 0 radical (unpaired) electrons. The van der Waals surface area contributed by atoms with Crippen LogP contribution < -0.4 is 10.9 Å². The van der Waals surface area contributed by atoms with E-state index >= 15 is 0 Å². The van der Waals surface area contributed by atoms with Gasteiger partial charge in [0.2, 0.25) is 11.9 Å². The Balaban J connectivity index is 1.23. The zero-order chi connectivity index (χ0) is 20.2. The Hall–Kier alpha value is -4.46. The number of benzene rings is 3. The van der Waals surface area contributed by atoms with E-state index in [0.717, 1.165) is 33.2 Å². The lowest BCUT2D eigenvalue weighted by Gasteiger charge is -1.98. The maximum Gasteiger partial charge on any atom is 0.222 e. The summed E-state index contributed by atoms with van der Waals surface area (Å²) in [7, 11) is 0. The molecule has 8 nitrogen and oxygen atoms in total. The fourth-order valence-electron chi connectivity index (χ4n) is 3.07. The summed E-state index contributed by atoms with van der Waals surface area (Å²) >= 11 is 0. The highest BCUT2D eigenvalue weighted by molar-refractivity contribution is 5.87. The molecule has 0 saturated carbocycles. The minimum atomic E-state index is 0.597. The molecule has 0 unspecified atom stereocenters. The molecule has 0 aliphatic carbocycles. The molecule has 0 spiro atoms. The molecule has 0 amide bonds. The van der Waals surface area contributed by atoms with Crippen molar-refractivity contribution in [1.29, 1.82) is 0 Å². The monoisotopic (exact) mass is 394 g/mol. The minimum absolute atomic E-state index is 0.597. The van der Waals surface area contributed by atoms with Crippen LogP contribution in [0, 0.1) is 0 Å². The van der Waals surface area contributed by atoms with Crippen molar-refractivity contribution in [2.24, 2.45) is 10.2 Å². The van der Waals surface area contributed by atoms with Gasteiger partial charge >= 0.3 is 0 Å². The van der Waals surface area contributed by atoms with Gasteiger partial charge in [-0.15, -0.1) is 0 Å². The van der Waals surface area contributed by atoms with Gasteiger partial charge in [0.25, 0.3) is 0 Å². The summed E-state index contributed by atoms with van der Waals surface area (Å²) in [4.78, 5) is 15.2. The molecule has 0 saturated heterocycles. The third kappa shape index (κ3) is 3.88. The van der Waals surface area contributed by atoms with Gasteiger partial charge in [-0.1, -0.05) is 42.5 Å². The fourth-order valence-corrected chi connectivity index (χ4v) is 3.07. The van der Waals surface area contributed by atoms with Crippen molar-refractivity contribution < 1.29 is 0 Å². The second-order valence-electron chi connectivity index (χ2n) is 6.62. The summed E-state index contributed by atoms with van der Waals surface area (Å²) in [6.45, 7) is 0. The lowest BCUT2D eigenvalue weighted by molar-refractivity contribution is 1.21. The van der Waals surface area contributed by atoms with Gasteiger partial charge in [0.05, 0.1) is 34.5 Å². The number of para-hydroxylation sites is 4. The van der Waals surface area contributed by atoms with Gasteiger partial charge in [-0.3, -0.25) is 0 Å². The van der Waals surface area contributed by atoms with Crippen LogP contribution in [-0.4, -0.2) is 32.4 Å². The Morgan fingerprint density at radius 1 is 0.633 bits per heavy atom. The van der Waals surface area contributed by atoms with Gasteiger partial charge < -0.3 is 9.97 Å². The maximum absolute atomic E-state index is 4.43. The van der Waals surface area contributed by atoms with Crippen LogP contribution in [0.25, 0.3) is 22.1 Å². The van der Waals surface area contributed by atoms with E-state index in [1.807, 2.05) is 72.8 Å². The van der Waals surface area contributed by atoms with Gasteiger partial charge in [-0.2, -0.15) is 10.2 Å². The lowest BCUT2D eigenvalue weighted by Crippen LogP contribution is -1.94. The normalized spacial score (nSPS) is 11.7. The van der Waals surface area contributed by atoms with E-state index in [9.17, 15) is 0 Å². The van der Waals surface area contributed by atoms with E-state index in [1.54, 1.807) is 12.4 Å². The summed E-state index contributed by atoms with van der Waals surface area (Å²) in [5.41, 5.74) is 11.4. The Labute approximate surface area is 171 Å². The van der Waals surface area contributed by atoms with Crippen molar-refractivity contribution in [3.8, 4) is 0 Å². The average Bonchev–Trinajstić information content (AvgIpc) is 3.37. The van der Waals surface area contributed by atoms with Gasteiger partial charge in [0.15, 0.2) is 0 Å². The van der Waals surface area contributed by atoms with Crippen LogP contribution in [-0.2, 0) is 0 Å². The zero-order valence-electron chi connectivity index (χ0n) is 15.9. The van der Waals surface area contributed by atoms with E-state index < -0.39 is 0 Å².